The molecule has 0 spiro atoms. The Balaban J connectivity index is 1.49. The summed E-state index contributed by atoms with van der Waals surface area (Å²) in [5.41, 5.74) is 3.62. The van der Waals surface area contributed by atoms with Gasteiger partial charge in [-0.25, -0.2) is 0 Å². The Hall–Kier alpha value is -2.93. The Morgan fingerprint density at radius 3 is 1.93 bits per heavy atom. The van der Waals surface area contributed by atoms with E-state index in [9.17, 15) is 0 Å². The number of fused-ring (bicyclic) bond motifs is 2. The van der Waals surface area contributed by atoms with Crippen molar-refractivity contribution in [3.05, 3.63) is 90.0 Å². The molecule has 0 aliphatic rings. The summed E-state index contributed by atoms with van der Waals surface area (Å²) in [5, 5.41) is 5.01. The lowest BCUT2D eigenvalue weighted by atomic mass is 9.97. The third-order valence-electron chi connectivity index (χ3n) is 5.91. The predicted octanol–water partition coefficient (Wildman–Crippen LogP) is 8.65. The molecule has 0 amide bonds. The summed E-state index contributed by atoms with van der Waals surface area (Å²) in [6.45, 7) is 2.27. The van der Waals surface area contributed by atoms with Crippen molar-refractivity contribution in [1.82, 2.24) is 0 Å². The largest absolute Gasteiger partial charge is 0.256 e. The summed E-state index contributed by atoms with van der Waals surface area (Å²) in [7, 11) is 0. The molecule has 152 valence electrons. The molecule has 30 heavy (non-hydrogen) atoms. The van der Waals surface area contributed by atoms with Crippen LogP contribution < -0.4 is 0 Å². The molecule has 0 N–H and O–H groups in total. The van der Waals surface area contributed by atoms with Crippen LogP contribution in [0.5, 0.6) is 0 Å². The molecule has 4 aromatic carbocycles. The van der Waals surface area contributed by atoms with E-state index in [1.54, 1.807) is 0 Å². The number of hydrogen-bond acceptors (Lipinski definition) is 1. The van der Waals surface area contributed by atoms with E-state index in [-0.39, 0.29) is 0 Å². The van der Waals surface area contributed by atoms with Crippen LogP contribution in [-0.2, 0) is 6.42 Å². The maximum absolute atomic E-state index is 4.82. The third kappa shape index (κ3) is 4.97. The van der Waals surface area contributed by atoms with Crippen LogP contribution in [-0.4, -0.2) is 6.21 Å². The van der Waals surface area contributed by atoms with Crippen LogP contribution in [0, 0.1) is 0 Å². The first kappa shape index (κ1) is 20.3. The molecule has 0 radical (unpaired) electrons. The van der Waals surface area contributed by atoms with Crippen molar-refractivity contribution < 1.29 is 0 Å². The number of aryl methyl sites for hydroxylation is 1. The van der Waals surface area contributed by atoms with Gasteiger partial charge in [0.2, 0.25) is 0 Å². The van der Waals surface area contributed by atoms with Crippen molar-refractivity contribution >= 4 is 33.4 Å². The molecule has 4 rings (SSSR count). The topological polar surface area (TPSA) is 12.4 Å². The van der Waals surface area contributed by atoms with Crippen LogP contribution >= 0.6 is 0 Å². The highest BCUT2D eigenvalue weighted by molar-refractivity contribution is 6.13. The highest BCUT2D eigenvalue weighted by Crippen LogP contribution is 2.28. The monoisotopic (exact) mass is 393 g/mol. The van der Waals surface area contributed by atoms with Crippen molar-refractivity contribution in [2.75, 3.05) is 0 Å². The van der Waals surface area contributed by atoms with Crippen LogP contribution in [0.25, 0.3) is 21.5 Å². The summed E-state index contributed by atoms with van der Waals surface area (Å²) in [5.74, 6) is 0. The molecule has 0 atom stereocenters. The quantitative estimate of drug-likeness (QED) is 0.153. The Kier molecular flexibility index (Phi) is 6.92. The summed E-state index contributed by atoms with van der Waals surface area (Å²) in [6, 6.07) is 28.2. The van der Waals surface area contributed by atoms with Crippen molar-refractivity contribution in [3.63, 3.8) is 0 Å². The average molecular weight is 394 g/mol. The average Bonchev–Trinajstić information content (AvgIpc) is 2.80. The van der Waals surface area contributed by atoms with Crippen LogP contribution in [0.15, 0.2) is 83.9 Å². The normalized spacial score (nSPS) is 11.6. The molecule has 0 aliphatic carbocycles. The molecular weight excluding hydrogens is 362 g/mol. The van der Waals surface area contributed by atoms with E-state index < -0.39 is 0 Å². The minimum atomic E-state index is 1.01. The van der Waals surface area contributed by atoms with E-state index in [0.717, 1.165) is 5.69 Å². The standard InChI is InChI=1S/C29H31N/c1-2-3-4-5-6-7-12-23-17-19-26(20-18-23)30-22-29-27-15-10-8-13-24(27)21-25-14-9-11-16-28(25)29/h8-11,13-22H,2-7,12H2,1H3. The molecule has 0 aliphatic heterocycles. The van der Waals surface area contributed by atoms with Crippen molar-refractivity contribution in [1.29, 1.82) is 0 Å². The molecule has 0 unspecified atom stereocenters. The van der Waals surface area contributed by atoms with Crippen LogP contribution in [0.1, 0.15) is 56.6 Å². The minimum absolute atomic E-state index is 1.01. The van der Waals surface area contributed by atoms with Gasteiger partial charge in [0.1, 0.15) is 0 Å². The summed E-state index contributed by atoms with van der Waals surface area (Å²) < 4.78 is 0. The smallest absolute Gasteiger partial charge is 0.0630 e. The highest BCUT2D eigenvalue weighted by Gasteiger charge is 2.05. The molecule has 0 bridgehead atoms. The van der Waals surface area contributed by atoms with E-state index in [0.29, 0.717) is 0 Å². The van der Waals surface area contributed by atoms with E-state index in [4.69, 9.17) is 4.99 Å². The fourth-order valence-electron chi connectivity index (χ4n) is 4.19. The number of hydrogen-bond donors (Lipinski definition) is 0. The second kappa shape index (κ2) is 10.2. The van der Waals surface area contributed by atoms with Crippen LogP contribution in [0.2, 0.25) is 0 Å². The second-order valence-electron chi connectivity index (χ2n) is 8.17. The van der Waals surface area contributed by atoms with Gasteiger partial charge in [0.05, 0.1) is 5.69 Å². The summed E-state index contributed by atoms with van der Waals surface area (Å²) >= 11 is 0. The maximum atomic E-state index is 4.82. The fourth-order valence-corrected chi connectivity index (χ4v) is 4.19. The molecule has 0 saturated carbocycles. The number of aliphatic imine (C=N–C) groups is 1. The zero-order valence-corrected chi connectivity index (χ0v) is 18.0. The van der Waals surface area contributed by atoms with Gasteiger partial charge in [-0.15, -0.1) is 0 Å². The summed E-state index contributed by atoms with van der Waals surface area (Å²) in [4.78, 5) is 4.82. The van der Waals surface area contributed by atoms with Crippen molar-refractivity contribution in [2.45, 2.75) is 51.9 Å². The minimum Gasteiger partial charge on any atom is -0.256 e. The Morgan fingerprint density at radius 2 is 1.27 bits per heavy atom. The molecule has 1 nitrogen and oxygen atoms in total. The number of nitrogens with zero attached hydrogens (tertiary/aromatic N) is 1. The lowest BCUT2D eigenvalue weighted by Crippen LogP contribution is -1.88. The molecular formula is C29H31N. The van der Waals surface area contributed by atoms with Gasteiger partial charge in [0.15, 0.2) is 0 Å². The van der Waals surface area contributed by atoms with E-state index in [1.165, 1.54) is 77.6 Å². The number of unbranched alkanes of at least 4 members (excludes halogenated alkanes) is 5. The first-order valence-corrected chi connectivity index (χ1v) is 11.4. The molecule has 0 heterocycles. The first-order chi connectivity index (χ1) is 14.8. The van der Waals surface area contributed by atoms with E-state index in [2.05, 4.69) is 85.8 Å². The molecule has 0 saturated heterocycles. The van der Waals surface area contributed by atoms with Crippen LogP contribution in [0.3, 0.4) is 0 Å². The first-order valence-electron chi connectivity index (χ1n) is 11.4. The van der Waals surface area contributed by atoms with Gasteiger partial charge >= 0.3 is 0 Å². The zero-order valence-electron chi connectivity index (χ0n) is 18.0. The second-order valence-corrected chi connectivity index (χ2v) is 8.17. The predicted molar refractivity (Wildman–Crippen MR) is 132 cm³/mol. The van der Waals surface area contributed by atoms with Crippen molar-refractivity contribution in [2.24, 2.45) is 4.99 Å². The fraction of sp³-hybridized carbons (Fsp3) is 0.276. The van der Waals surface area contributed by atoms with Gasteiger partial charge < -0.3 is 0 Å². The van der Waals surface area contributed by atoms with Gasteiger partial charge in [-0.2, -0.15) is 0 Å². The Labute approximate surface area is 180 Å². The SMILES string of the molecule is CCCCCCCCc1ccc(N=Cc2c3ccccc3cc3ccccc23)cc1. The van der Waals surface area contributed by atoms with Gasteiger partial charge in [0, 0.05) is 11.8 Å². The summed E-state index contributed by atoms with van der Waals surface area (Å²) in [6.07, 6.45) is 11.3. The molecule has 0 aromatic heterocycles. The van der Waals surface area contributed by atoms with E-state index >= 15 is 0 Å². The van der Waals surface area contributed by atoms with Gasteiger partial charge in [-0.1, -0.05) is 99.7 Å². The van der Waals surface area contributed by atoms with Gasteiger partial charge in [-0.3, -0.25) is 4.99 Å². The highest BCUT2D eigenvalue weighted by atomic mass is 14.7. The lowest BCUT2D eigenvalue weighted by molar-refractivity contribution is 0.607. The number of rotatable bonds is 9. The van der Waals surface area contributed by atoms with Gasteiger partial charge in [-0.05, 0) is 58.1 Å². The molecule has 1 heteroatoms. The zero-order chi connectivity index (χ0) is 20.6. The van der Waals surface area contributed by atoms with Gasteiger partial charge in [0.25, 0.3) is 0 Å². The Morgan fingerprint density at radius 1 is 0.667 bits per heavy atom. The molecule has 4 aromatic rings. The number of benzene rings is 4. The van der Waals surface area contributed by atoms with Crippen molar-refractivity contribution in [3.8, 4) is 0 Å². The van der Waals surface area contributed by atoms with E-state index in [1.807, 2.05) is 6.21 Å². The Bertz CT molecular complexity index is 1070. The maximum Gasteiger partial charge on any atom is 0.0630 e. The molecule has 0 fully saturated rings. The third-order valence-corrected chi connectivity index (χ3v) is 5.91. The lowest BCUT2D eigenvalue weighted by Gasteiger charge is -2.08. The van der Waals surface area contributed by atoms with Crippen LogP contribution in [0.4, 0.5) is 5.69 Å².